The molecule has 0 spiro atoms. The summed E-state index contributed by atoms with van der Waals surface area (Å²) < 4.78 is 40.5. The van der Waals surface area contributed by atoms with Gasteiger partial charge in [0, 0.05) is 11.6 Å². The Labute approximate surface area is 82.5 Å². The van der Waals surface area contributed by atoms with Crippen LogP contribution in [0.3, 0.4) is 0 Å². The normalized spacial score (nSPS) is 10.1. The van der Waals surface area contributed by atoms with Crippen LogP contribution in [0.1, 0.15) is 20.7 Å². The first kappa shape index (κ1) is 11.2. The van der Waals surface area contributed by atoms with Crippen molar-refractivity contribution in [3.05, 3.63) is 29.1 Å². The van der Waals surface area contributed by atoms with Gasteiger partial charge < -0.3 is 4.74 Å². The smallest absolute Gasteiger partial charge is 0.387 e. The minimum absolute atomic E-state index is 0.130. The molecule has 0 amide bonds. The monoisotopic (exact) mass is 218 g/mol. The van der Waals surface area contributed by atoms with E-state index in [9.17, 15) is 22.8 Å². The molecule has 0 bridgehead atoms. The molecule has 0 fully saturated rings. The highest BCUT2D eigenvalue weighted by Crippen LogP contribution is 2.21. The van der Waals surface area contributed by atoms with Crippen LogP contribution in [0.2, 0.25) is 0 Å². The summed E-state index contributed by atoms with van der Waals surface area (Å²) in [5.41, 5.74) is -0.813. The van der Waals surface area contributed by atoms with E-state index < -0.39 is 23.7 Å². The second-order valence-corrected chi connectivity index (χ2v) is 2.52. The number of aldehydes is 2. The van der Waals surface area contributed by atoms with E-state index in [0.29, 0.717) is 6.07 Å². The quantitative estimate of drug-likeness (QED) is 0.726. The van der Waals surface area contributed by atoms with Crippen molar-refractivity contribution in [3.63, 3.8) is 0 Å². The maximum absolute atomic E-state index is 13.0. The van der Waals surface area contributed by atoms with Crippen molar-refractivity contribution in [1.29, 1.82) is 0 Å². The van der Waals surface area contributed by atoms with Crippen LogP contribution in [0.5, 0.6) is 5.75 Å². The fourth-order valence-corrected chi connectivity index (χ4v) is 1.01. The van der Waals surface area contributed by atoms with Crippen LogP contribution in [0.25, 0.3) is 0 Å². The number of rotatable bonds is 4. The lowest BCUT2D eigenvalue weighted by atomic mass is 10.1. The van der Waals surface area contributed by atoms with Gasteiger partial charge in [0.05, 0.1) is 5.56 Å². The zero-order valence-electron chi connectivity index (χ0n) is 7.25. The zero-order chi connectivity index (χ0) is 11.4. The average Bonchev–Trinajstić information content (AvgIpc) is 2.15. The van der Waals surface area contributed by atoms with Crippen LogP contribution in [-0.4, -0.2) is 19.2 Å². The highest BCUT2D eigenvalue weighted by molar-refractivity contribution is 5.91. The van der Waals surface area contributed by atoms with Crippen molar-refractivity contribution >= 4 is 12.6 Å². The molecule has 0 unspecified atom stereocenters. The summed E-state index contributed by atoms with van der Waals surface area (Å²) in [6.07, 6.45) is 0.316. The Hall–Kier alpha value is -1.85. The standard InChI is InChI=1S/C9H5F3O3/c10-8-2-6(15-9(11)12)1-5(3-13)7(8)4-14/h1-4,9H. The van der Waals surface area contributed by atoms with Gasteiger partial charge in [-0.05, 0) is 6.07 Å². The number of carbonyl (C=O) groups excluding carboxylic acids is 2. The molecule has 6 heteroatoms. The minimum Gasteiger partial charge on any atom is -0.435 e. The number of ether oxygens (including phenoxy) is 1. The Morgan fingerprint density at radius 2 is 1.87 bits per heavy atom. The Bertz CT molecular complexity index is 390. The summed E-state index contributed by atoms with van der Waals surface area (Å²) in [5.74, 6) is -1.58. The molecule has 0 aliphatic rings. The molecule has 3 nitrogen and oxygen atoms in total. The maximum atomic E-state index is 13.0. The third-order valence-corrected chi connectivity index (χ3v) is 1.61. The van der Waals surface area contributed by atoms with Crippen LogP contribution in [-0.2, 0) is 0 Å². The van der Waals surface area contributed by atoms with Crippen LogP contribution >= 0.6 is 0 Å². The van der Waals surface area contributed by atoms with E-state index in [1.54, 1.807) is 0 Å². The fraction of sp³-hybridized carbons (Fsp3) is 0.111. The average molecular weight is 218 g/mol. The number of hydrogen-bond donors (Lipinski definition) is 0. The van der Waals surface area contributed by atoms with Crippen molar-refractivity contribution in [2.24, 2.45) is 0 Å². The lowest BCUT2D eigenvalue weighted by molar-refractivity contribution is -0.0500. The van der Waals surface area contributed by atoms with Gasteiger partial charge in [0.25, 0.3) is 0 Å². The van der Waals surface area contributed by atoms with E-state index in [4.69, 9.17) is 0 Å². The number of halogens is 3. The van der Waals surface area contributed by atoms with Crippen LogP contribution in [0.15, 0.2) is 12.1 Å². The predicted octanol–water partition coefficient (Wildman–Crippen LogP) is 2.05. The Morgan fingerprint density at radius 1 is 1.20 bits per heavy atom. The van der Waals surface area contributed by atoms with Gasteiger partial charge >= 0.3 is 6.61 Å². The number of carbonyl (C=O) groups is 2. The van der Waals surface area contributed by atoms with Crippen molar-refractivity contribution in [2.45, 2.75) is 6.61 Å². The van der Waals surface area contributed by atoms with Crippen LogP contribution < -0.4 is 4.74 Å². The summed E-state index contributed by atoms with van der Waals surface area (Å²) in [6, 6.07) is 1.48. The molecule has 0 N–H and O–H groups in total. The van der Waals surface area contributed by atoms with Crippen LogP contribution in [0.4, 0.5) is 13.2 Å². The summed E-state index contributed by atoms with van der Waals surface area (Å²) in [5, 5.41) is 0. The van der Waals surface area contributed by atoms with E-state index >= 15 is 0 Å². The molecule has 1 aromatic rings. The van der Waals surface area contributed by atoms with E-state index in [0.717, 1.165) is 6.07 Å². The van der Waals surface area contributed by atoms with Gasteiger partial charge in [0.15, 0.2) is 12.6 Å². The number of hydrogen-bond acceptors (Lipinski definition) is 3. The van der Waals surface area contributed by atoms with Gasteiger partial charge in [-0.2, -0.15) is 8.78 Å². The molecule has 0 radical (unpaired) electrons. The number of benzene rings is 1. The fourth-order valence-electron chi connectivity index (χ4n) is 1.01. The van der Waals surface area contributed by atoms with Gasteiger partial charge in [-0.1, -0.05) is 0 Å². The second-order valence-electron chi connectivity index (χ2n) is 2.52. The molecule has 1 rings (SSSR count). The van der Waals surface area contributed by atoms with Gasteiger partial charge in [-0.25, -0.2) is 4.39 Å². The zero-order valence-corrected chi connectivity index (χ0v) is 7.25. The minimum atomic E-state index is -3.12. The second kappa shape index (κ2) is 4.59. The van der Waals surface area contributed by atoms with Gasteiger partial charge in [-0.15, -0.1) is 0 Å². The lowest BCUT2D eigenvalue weighted by Crippen LogP contribution is -2.04. The molecule has 0 saturated heterocycles. The summed E-state index contributed by atoms with van der Waals surface area (Å²) in [7, 11) is 0. The van der Waals surface area contributed by atoms with Gasteiger partial charge in [0.2, 0.25) is 0 Å². The van der Waals surface area contributed by atoms with Crippen molar-refractivity contribution in [3.8, 4) is 5.75 Å². The molecule has 0 aliphatic heterocycles. The highest BCUT2D eigenvalue weighted by Gasteiger charge is 2.12. The highest BCUT2D eigenvalue weighted by atomic mass is 19.3. The summed E-state index contributed by atoms with van der Waals surface area (Å²) >= 11 is 0. The molecule has 0 atom stereocenters. The molecule has 0 aliphatic carbocycles. The van der Waals surface area contributed by atoms with Gasteiger partial charge in [-0.3, -0.25) is 9.59 Å². The summed E-state index contributed by atoms with van der Waals surface area (Å²) in [6.45, 7) is -3.12. The molecule has 1 aromatic carbocycles. The molecular weight excluding hydrogens is 213 g/mol. The third-order valence-electron chi connectivity index (χ3n) is 1.61. The largest absolute Gasteiger partial charge is 0.435 e. The third kappa shape index (κ3) is 2.55. The molecule has 0 heterocycles. The van der Waals surface area contributed by atoms with Crippen molar-refractivity contribution in [2.75, 3.05) is 0 Å². The number of alkyl halides is 2. The molecule has 15 heavy (non-hydrogen) atoms. The van der Waals surface area contributed by atoms with E-state index in [1.165, 1.54) is 0 Å². The maximum Gasteiger partial charge on any atom is 0.387 e. The summed E-state index contributed by atoms with van der Waals surface area (Å²) in [4.78, 5) is 20.8. The van der Waals surface area contributed by atoms with Crippen molar-refractivity contribution in [1.82, 2.24) is 0 Å². The van der Waals surface area contributed by atoms with Crippen molar-refractivity contribution < 1.29 is 27.5 Å². The molecular formula is C9H5F3O3. The SMILES string of the molecule is O=Cc1cc(OC(F)F)cc(F)c1C=O. The molecule has 80 valence electrons. The van der Waals surface area contributed by atoms with Gasteiger partial charge in [0.1, 0.15) is 11.6 Å². The predicted molar refractivity (Wildman–Crippen MR) is 43.8 cm³/mol. The van der Waals surface area contributed by atoms with E-state index in [-0.39, 0.29) is 18.1 Å². The first-order valence-corrected chi connectivity index (χ1v) is 3.77. The molecule has 0 saturated carbocycles. The van der Waals surface area contributed by atoms with Crippen LogP contribution in [0, 0.1) is 5.82 Å². The Balaban J connectivity index is 3.19. The first-order chi connectivity index (χ1) is 7.08. The van der Waals surface area contributed by atoms with E-state index in [1.807, 2.05) is 0 Å². The lowest BCUT2D eigenvalue weighted by Gasteiger charge is -2.06. The van der Waals surface area contributed by atoms with E-state index in [2.05, 4.69) is 4.74 Å². The topological polar surface area (TPSA) is 43.4 Å². The molecule has 0 aromatic heterocycles. The Kier molecular flexibility index (Phi) is 3.43. The first-order valence-electron chi connectivity index (χ1n) is 3.77. The Morgan fingerprint density at radius 3 is 2.33 bits per heavy atom.